The second-order valence-corrected chi connectivity index (χ2v) is 3.40. The van der Waals surface area contributed by atoms with Gasteiger partial charge in [0.2, 0.25) is 0 Å². The van der Waals surface area contributed by atoms with Gasteiger partial charge in [-0.15, -0.1) is 0 Å². The Morgan fingerprint density at radius 3 is 2.92 bits per heavy atom. The fourth-order valence-corrected chi connectivity index (χ4v) is 1.33. The van der Waals surface area contributed by atoms with Crippen LogP contribution in [-0.2, 0) is 0 Å². The van der Waals surface area contributed by atoms with Gasteiger partial charge in [-0.1, -0.05) is 0 Å². The zero-order chi connectivity index (χ0) is 8.55. The van der Waals surface area contributed by atoms with E-state index in [2.05, 4.69) is 15.0 Å². The lowest BCUT2D eigenvalue weighted by atomic mass is 10.4. The number of rotatable bonds is 0. The Bertz CT molecular complexity index is 479. The van der Waals surface area contributed by atoms with E-state index in [1.54, 1.807) is 18.5 Å². The van der Waals surface area contributed by atoms with Crippen molar-refractivity contribution >= 4 is 33.8 Å². The summed E-state index contributed by atoms with van der Waals surface area (Å²) in [5, 5.41) is 0. The molecule has 0 aliphatic heterocycles. The van der Waals surface area contributed by atoms with Crippen LogP contribution in [0.25, 0.3) is 11.2 Å². The third kappa shape index (κ3) is 1.20. The monoisotopic (exact) mass is 273 g/mol. The van der Waals surface area contributed by atoms with Crippen LogP contribution in [0.1, 0.15) is 0 Å². The molecule has 0 spiro atoms. The minimum absolute atomic E-state index is 0.122. The topological polar surface area (TPSA) is 58.6 Å². The number of H-pyrrole nitrogens is 1. The van der Waals surface area contributed by atoms with Gasteiger partial charge < -0.3 is 4.98 Å². The van der Waals surface area contributed by atoms with E-state index in [-0.39, 0.29) is 5.56 Å². The summed E-state index contributed by atoms with van der Waals surface area (Å²) < 4.78 is 0.626. The molecule has 2 aromatic rings. The first kappa shape index (κ1) is 7.66. The highest BCUT2D eigenvalue weighted by atomic mass is 127. The Morgan fingerprint density at radius 2 is 2.08 bits per heavy atom. The molecule has 0 amide bonds. The third-order valence-electron chi connectivity index (χ3n) is 1.44. The van der Waals surface area contributed by atoms with Gasteiger partial charge in [-0.2, -0.15) is 0 Å². The van der Waals surface area contributed by atoms with Gasteiger partial charge >= 0.3 is 0 Å². The molecule has 1 N–H and O–H groups in total. The molecule has 2 aromatic heterocycles. The molecule has 0 fully saturated rings. The van der Waals surface area contributed by atoms with Crippen molar-refractivity contribution in [3.05, 3.63) is 32.4 Å². The van der Waals surface area contributed by atoms with Crippen molar-refractivity contribution < 1.29 is 0 Å². The summed E-state index contributed by atoms with van der Waals surface area (Å²) in [6.45, 7) is 0. The highest BCUT2D eigenvalue weighted by molar-refractivity contribution is 14.1. The minimum Gasteiger partial charge on any atom is -0.304 e. The van der Waals surface area contributed by atoms with E-state index in [0.29, 0.717) is 14.7 Å². The molecular formula is C7H4IN3O. The number of nitrogens with one attached hydrogen (secondary N) is 1. The van der Waals surface area contributed by atoms with Gasteiger partial charge in [0.1, 0.15) is 5.52 Å². The van der Waals surface area contributed by atoms with E-state index in [0.717, 1.165) is 0 Å². The molecule has 0 saturated heterocycles. The number of aromatic nitrogens is 3. The first-order valence-electron chi connectivity index (χ1n) is 3.27. The van der Waals surface area contributed by atoms with Gasteiger partial charge in [-0.05, 0) is 28.7 Å². The fraction of sp³-hybridized carbons (Fsp3) is 0. The van der Waals surface area contributed by atoms with Crippen LogP contribution in [0.4, 0.5) is 0 Å². The lowest BCUT2D eigenvalue weighted by Crippen LogP contribution is -2.09. The Labute approximate surface area is 81.2 Å². The standard InChI is InChI=1S/C7H4IN3O/c8-4-3-5-6(11-7(4)12)10-2-1-9-5/h1-3H,(H,10,11,12). The number of nitrogens with zero attached hydrogens (tertiary/aromatic N) is 2. The van der Waals surface area contributed by atoms with Crippen molar-refractivity contribution in [1.29, 1.82) is 0 Å². The van der Waals surface area contributed by atoms with Crippen LogP contribution in [0, 0.1) is 3.57 Å². The summed E-state index contributed by atoms with van der Waals surface area (Å²) in [4.78, 5) is 21.7. The quantitative estimate of drug-likeness (QED) is 0.726. The van der Waals surface area contributed by atoms with Gasteiger partial charge in [0.05, 0.1) is 3.57 Å². The number of fused-ring (bicyclic) bond motifs is 1. The summed E-state index contributed by atoms with van der Waals surface area (Å²) >= 11 is 1.96. The summed E-state index contributed by atoms with van der Waals surface area (Å²) in [7, 11) is 0. The fourth-order valence-electron chi connectivity index (χ4n) is 0.904. The van der Waals surface area contributed by atoms with Gasteiger partial charge in [0, 0.05) is 12.4 Å². The van der Waals surface area contributed by atoms with Crippen LogP contribution in [0.3, 0.4) is 0 Å². The molecule has 4 nitrogen and oxygen atoms in total. The van der Waals surface area contributed by atoms with Gasteiger partial charge in [0.15, 0.2) is 5.65 Å². The molecule has 2 heterocycles. The normalized spacial score (nSPS) is 10.4. The van der Waals surface area contributed by atoms with Crippen molar-refractivity contribution in [2.45, 2.75) is 0 Å². The van der Waals surface area contributed by atoms with E-state index < -0.39 is 0 Å². The summed E-state index contributed by atoms with van der Waals surface area (Å²) in [5.41, 5.74) is 1.12. The van der Waals surface area contributed by atoms with E-state index in [4.69, 9.17) is 0 Å². The van der Waals surface area contributed by atoms with Gasteiger partial charge in [-0.25, -0.2) is 4.98 Å². The lowest BCUT2D eigenvalue weighted by Gasteiger charge is -1.94. The molecule has 2 rings (SSSR count). The number of halogens is 1. The highest BCUT2D eigenvalue weighted by Crippen LogP contribution is 2.04. The number of aromatic amines is 1. The largest absolute Gasteiger partial charge is 0.304 e. The summed E-state index contributed by atoms with van der Waals surface area (Å²) in [6, 6.07) is 1.71. The molecule has 12 heavy (non-hydrogen) atoms. The molecule has 0 unspecified atom stereocenters. The van der Waals surface area contributed by atoms with Gasteiger partial charge in [-0.3, -0.25) is 9.78 Å². The average molecular weight is 273 g/mol. The van der Waals surface area contributed by atoms with Crippen molar-refractivity contribution in [2.24, 2.45) is 0 Å². The molecule has 0 saturated carbocycles. The molecule has 0 radical (unpaired) electrons. The summed E-state index contributed by atoms with van der Waals surface area (Å²) in [5.74, 6) is 0. The van der Waals surface area contributed by atoms with Crippen LogP contribution in [0.5, 0.6) is 0 Å². The lowest BCUT2D eigenvalue weighted by molar-refractivity contribution is 1.17. The molecular weight excluding hydrogens is 269 g/mol. The van der Waals surface area contributed by atoms with Crippen LogP contribution in [0.2, 0.25) is 0 Å². The second kappa shape index (κ2) is 2.81. The van der Waals surface area contributed by atoms with Crippen molar-refractivity contribution in [1.82, 2.24) is 15.0 Å². The maximum Gasteiger partial charge on any atom is 0.263 e. The Kier molecular flexibility index (Phi) is 1.80. The van der Waals surface area contributed by atoms with E-state index in [1.807, 2.05) is 22.6 Å². The highest BCUT2D eigenvalue weighted by Gasteiger charge is 1.99. The first-order chi connectivity index (χ1) is 5.77. The van der Waals surface area contributed by atoms with Crippen LogP contribution < -0.4 is 5.56 Å². The maximum atomic E-state index is 11.1. The van der Waals surface area contributed by atoms with E-state index in [9.17, 15) is 4.79 Å². The maximum absolute atomic E-state index is 11.1. The van der Waals surface area contributed by atoms with E-state index in [1.165, 1.54) is 0 Å². The third-order valence-corrected chi connectivity index (χ3v) is 2.24. The number of hydrogen-bond acceptors (Lipinski definition) is 3. The van der Waals surface area contributed by atoms with E-state index >= 15 is 0 Å². The molecule has 60 valence electrons. The number of pyridine rings is 1. The number of hydrogen-bond donors (Lipinski definition) is 1. The van der Waals surface area contributed by atoms with Gasteiger partial charge in [0.25, 0.3) is 5.56 Å². The zero-order valence-corrected chi connectivity index (χ0v) is 8.07. The molecule has 5 heteroatoms. The Balaban J connectivity index is 2.93. The first-order valence-corrected chi connectivity index (χ1v) is 4.35. The van der Waals surface area contributed by atoms with Crippen LogP contribution in [-0.4, -0.2) is 15.0 Å². The minimum atomic E-state index is -0.122. The Morgan fingerprint density at radius 1 is 1.33 bits per heavy atom. The predicted octanol–water partition coefficient (Wildman–Crippen LogP) is 0.923. The molecule has 0 aliphatic carbocycles. The predicted molar refractivity (Wildman–Crippen MR) is 52.9 cm³/mol. The van der Waals surface area contributed by atoms with Crippen molar-refractivity contribution in [2.75, 3.05) is 0 Å². The Hall–Kier alpha value is -0.980. The molecule has 0 atom stereocenters. The molecule has 0 aromatic carbocycles. The van der Waals surface area contributed by atoms with Crippen LogP contribution in [0.15, 0.2) is 23.3 Å². The SMILES string of the molecule is O=c1[nH]c2nccnc2cc1I. The van der Waals surface area contributed by atoms with Crippen molar-refractivity contribution in [3.8, 4) is 0 Å². The molecule has 0 bridgehead atoms. The average Bonchev–Trinajstić information content (AvgIpc) is 2.07. The zero-order valence-electron chi connectivity index (χ0n) is 5.91. The second-order valence-electron chi connectivity index (χ2n) is 2.24. The summed E-state index contributed by atoms with van der Waals surface area (Å²) in [6.07, 6.45) is 3.14. The van der Waals surface area contributed by atoms with Crippen LogP contribution >= 0.6 is 22.6 Å². The van der Waals surface area contributed by atoms with Crippen molar-refractivity contribution in [3.63, 3.8) is 0 Å². The smallest absolute Gasteiger partial charge is 0.263 e. The molecule has 0 aliphatic rings.